The molecule has 0 aromatic rings. The molecule has 1 saturated heterocycles. The van der Waals surface area contributed by atoms with Gasteiger partial charge < -0.3 is 15.1 Å². The van der Waals surface area contributed by atoms with Crippen molar-refractivity contribution in [2.75, 3.05) is 39.9 Å². The van der Waals surface area contributed by atoms with Gasteiger partial charge in [-0.1, -0.05) is 18.2 Å². The first kappa shape index (κ1) is 16.6. The van der Waals surface area contributed by atoms with Gasteiger partial charge in [-0.05, 0) is 14.0 Å². The molecule has 1 rings (SSSR count). The number of halogens is 2. The van der Waals surface area contributed by atoms with E-state index in [-0.39, 0.29) is 6.03 Å². The van der Waals surface area contributed by atoms with Crippen LogP contribution in [0.5, 0.6) is 0 Å². The molecule has 2 amide bonds. The SMILES string of the molecule is C=CC(F)C(C)(/C=C\CF)NC(=O)N1CCN(C)CC1. The van der Waals surface area contributed by atoms with Crippen molar-refractivity contribution < 1.29 is 13.6 Å². The zero-order valence-electron chi connectivity index (χ0n) is 12.1. The van der Waals surface area contributed by atoms with E-state index >= 15 is 0 Å². The smallest absolute Gasteiger partial charge is 0.318 e. The highest BCUT2D eigenvalue weighted by Gasteiger charge is 2.33. The zero-order chi connectivity index (χ0) is 15.2. The Bertz CT molecular complexity index is 367. The first-order valence-electron chi connectivity index (χ1n) is 6.69. The Morgan fingerprint density at radius 1 is 1.45 bits per heavy atom. The Balaban J connectivity index is 2.71. The number of carbonyl (C=O) groups excluding carboxylic acids is 1. The fourth-order valence-electron chi connectivity index (χ4n) is 2.06. The van der Waals surface area contributed by atoms with E-state index in [0.29, 0.717) is 13.1 Å². The molecule has 0 aromatic heterocycles. The van der Waals surface area contributed by atoms with Gasteiger partial charge in [-0.2, -0.15) is 0 Å². The van der Waals surface area contributed by atoms with Crippen LogP contribution < -0.4 is 5.32 Å². The van der Waals surface area contributed by atoms with Crippen molar-refractivity contribution in [1.29, 1.82) is 0 Å². The topological polar surface area (TPSA) is 35.6 Å². The van der Waals surface area contributed by atoms with Crippen LogP contribution >= 0.6 is 0 Å². The van der Waals surface area contributed by atoms with Gasteiger partial charge in [0.05, 0.1) is 5.54 Å². The molecule has 1 heterocycles. The number of nitrogens with zero attached hydrogens (tertiary/aromatic N) is 2. The predicted molar refractivity (Wildman–Crippen MR) is 76.2 cm³/mol. The Morgan fingerprint density at radius 2 is 2.05 bits per heavy atom. The standard InChI is InChI=1S/C14H23F2N3O/c1-4-12(16)14(2,6-5-7-15)17-13(20)19-10-8-18(3)9-11-19/h4-6,12H,1,7-11H2,2-3H3,(H,17,20)/b6-5-. The highest BCUT2D eigenvalue weighted by molar-refractivity contribution is 5.75. The number of allylic oxidation sites excluding steroid dienone is 1. The molecule has 0 bridgehead atoms. The summed E-state index contributed by atoms with van der Waals surface area (Å²) in [6, 6.07) is -0.339. The van der Waals surface area contributed by atoms with Crippen molar-refractivity contribution in [3.05, 3.63) is 24.8 Å². The normalized spacial score (nSPS) is 21.5. The molecule has 2 atom stereocenters. The van der Waals surface area contributed by atoms with Crippen molar-refractivity contribution in [2.24, 2.45) is 0 Å². The molecular formula is C14H23F2N3O. The molecule has 0 aromatic carbocycles. The van der Waals surface area contributed by atoms with E-state index in [1.54, 1.807) is 4.90 Å². The first-order valence-corrected chi connectivity index (χ1v) is 6.69. The molecule has 6 heteroatoms. The summed E-state index contributed by atoms with van der Waals surface area (Å²) in [6.45, 7) is 6.95. The zero-order valence-corrected chi connectivity index (χ0v) is 12.1. The fourth-order valence-corrected chi connectivity index (χ4v) is 2.06. The summed E-state index contributed by atoms with van der Waals surface area (Å²) in [6.07, 6.45) is 2.15. The van der Waals surface area contributed by atoms with Crippen molar-refractivity contribution in [3.8, 4) is 0 Å². The lowest BCUT2D eigenvalue weighted by atomic mass is 9.95. The Labute approximate surface area is 119 Å². The van der Waals surface area contributed by atoms with Crippen LogP contribution in [0.15, 0.2) is 24.8 Å². The number of likely N-dealkylation sites (N-methyl/N-ethyl adjacent to an activating group) is 1. The van der Waals surface area contributed by atoms with Crippen LogP contribution in [0, 0.1) is 0 Å². The van der Waals surface area contributed by atoms with Crippen LogP contribution in [0.25, 0.3) is 0 Å². The van der Waals surface area contributed by atoms with Gasteiger partial charge in [0, 0.05) is 26.2 Å². The summed E-state index contributed by atoms with van der Waals surface area (Å²) in [7, 11) is 1.98. The number of rotatable bonds is 5. The summed E-state index contributed by atoms with van der Waals surface area (Å²) >= 11 is 0. The number of carbonyl (C=O) groups is 1. The number of piperazine rings is 1. The van der Waals surface area contributed by atoms with Gasteiger partial charge in [0.15, 0.2) is 0 Å². The largest absolute Gasteiger partial charge is 0.326 e. The third kappa shape index (κ3) is 4.30. The number of hydrogen-bond donors (Lipinski definition) is 1. The van der Waals surface area contributed by atoms with Gasteiger partial charge in [-0.3, -0.25) is 0 Å². The van der Waals surface area contributed by atoms with E-state index in [1.807, 2.05) is 7.05 Å². The maximum atomic E-state index is 14.0. The van der Waals surface area contributed by atoms with Gasteiger partial charge in [0.1, 0.15) is 12.8 Å². The van der Waals surface area contributed by atoms with Gasteiger partial charge >= 0.3 is 6.03 Å². The van der Waals surface area contributed by atoms with Crippen molar-refractivity contribution >= 4 is 6.03 Å². The lowest BCUT2D eigenvalue weighted by Gasteiger charge is -2.36. The fraction of sp³-hybridized carbons (Fsp3) is 0.643. The molecule has 114 valence electrons. The average Bonchev–Trinajstić information content (AvgIpc) is 2.44. The second-order valence-corrected chi connectivity index (χ2v) is 5.20. The maximum Gasteiger partial charge on any atom is 0.318 e. The maximum absolute atomic E-state index is 14.0. The highest BCUT2D eigenvalue weighted by Crippen LogP contribution is 2.18. The van der Waals surface area contributed by atoms with Gasteiger partial charge in [0.25, 0.3) is 0 Å². The highest BCUT2D eigenvalue weighted by atomic mass is 19.1. The molecule has 0 radical (unpaired) electrons. The predicted octanol–water partition coefficient (Wildman–Crippen LogP) is 1.75. The summed E-state index contributed by atoms with van der Waals surface area (Å²) in [4.78, 5) is 15.9. The van der Waals surface area contributed by atoms with Crippen LogP contribution in [-0.2, 0) is 0 Å². The number of hydrogen-bond acceptors (Lipinski definition) is 2. The molecule has 4 nitrogen and oxygen atoms in total. The van der Waals surface area contributed by atoms with E-state index in [0.717, 1.165) is 19.2 Å². The molecule has 0 aliphatic carbocycles. The van der Waals surface area contributed by atoms with Crippen LogP contribution in [0.2, 0.25) is 0 Å². The minimum atomic E-state index is -1.48. The first-order chi connectivity index (χ1) is 9.42. The summed E-state index contributed by atoms with van der Waals surface area (Å²) in [5, 5.41) is 2.63. The van der Waals surface area contributed by atoms with E-state index in [9.17, 15) is 13.6 Å². The van der Waals surface area contributed by atoms with Gasteiger partial charge in [-0.15, -0.1) is 6.58 Å². The number of nitrogens with one attached hydrogen (secondary N) is 1. The number of alkyl halides is 2. The second-order valence-electron chi connectivity index (χ2n) is 5.20. The molecule has 20 heavy (non-hydrogen) atoms. The van der Waals surface area contributed by atoms with Crippen molar-refractivity contribution in [1.82, 2.24) is 15.1 Å². The van der Waals surface area contributed by atoms with Crippen molar-refractivity contribution in [2.45, 2.75) is 18.6 Å². The lowest BCUT2D eigenvalue weighted by molar-refractivity contribution is 0.142. The summed E-state index contributed by atoms with van der Waals surface area (Å²) < 4.78 is 26.2. The second kappa shape index (κ2) is 7.38. The molecule has 1 fully saturated rings. The molecule has 0 spiro atoms. The minimum Gasteiger partial charge on any atom is -0.326 e. The molecule has 2 unspecified atom stereocenters. The lowest BCUT2D eigenvalue weighted by Crippen LogP contribution is -2.58. The van der Waals surface area contributed by atoms with Gasteiger partial charge in [-0.25, -0.2) is 13.6 Å². The van der Waals surface area contributed by atoms with Crippen LogP contribution in [-0.4, -0.2) is 67.4 Å². The summed E-state index contributed by atoms with van der Waals surface area (Å²) in [5.41, 5.74) is -1.28. The van der Waals surface area contributed by atoms with Crippen LogP contribution in [0.4, 0.5) is 13.6 Å². The molecule has 1 aliphatic heterocycles. The number of urea groups is 1. The van der Waals surface area contributed by atoms with E-state index in [2.05, 4.69) is 16.8 Å². The summed E-state index contributed by atoms with van der Waals surface area (Å²) in [5.74, 6) is 0. The monoisotopic (exact) mass is 287 g/mol. The van der Waals surface area contributed by atoms with Crippen molar-refractivity contribution in [3.63, 3.8) is 0 Å². The quantitative estimate of drug-likeness (QED) is 0.782. The third-order valence-electron chi connectivity index (χ3n) is 3.50. The van der Waals surface area contributed by atoms with E-state index in [4.69, 9.17) is 0 Å². The van der Waals surface area contributed by atoms with Gasteiger partial charge in [0.2, 0.25) is 0 Å². The Hall–Kier alpha value is -1.43. The average molecular weight is 287 g/mol. The number of amides is 2. The van der Waals surface area contributed by atoms with Crippen LogP contribution in [0.3, 0.4) is 0 Å². The Morgan fingerprint density at radius 3 is 2.55 bits per heavy atom. The minimum absolute atomic E-state index is 0.339. The van der Waals surface area contributed by atoms with E-state index < -0.39 is 18.4 Å². The Kier molecular flexibility index (Phi) is 6.13. The molecule has 0 saturated carbocycles. The molecule has 1 N–H and O–H groups in total. The molecule has 1 aliphatic rings. The molecular weight excluding hydrogens is 264 g/mol. The third-order valence-corrected chi connectivity index (χ3v) is 3.50. The van der Waals surface area contributed by atoms with E-state index in [1.165, 1.54) is 19.1 Å². The van der Waals surface area contributed by atoms with Crippen LogP contribution in [0.1, 0.15) is 6.92 Å².